The molecule has 0 fully saturated rings. The fourth-order valence-electron chi connectivity index (χ4n) is 1.32. The van der Waals surface area contributed by atoms with Crippen molar-refractivity contribution in [3.63, 3.8) is 0 Å². The third-order valence-electron chi connectivity index (χ3n) is 2.13. The summed E-state index contributed by atoms with van der Waals surface area (Å²) in [5, 5.41) is 0. The molecule has 0 amide bonds. The van der Waals surface area contributed by atoms with Gasteiger partial charge in [-0.25, -0.2) is 9.82 Å². The van der Waals surface area contributed by atoms with Crippen molar-refractivity contribution in [2.45, 2.75) is 18.4 Å². The molecule has 2 nitrogen and oxygen atoms in total. The summed E-state index contributed by atoms with van der Waals surface area (Å²) >= 11 is 0. The van der Waals surface area contributed by atoms with Gasteiger partial charge in [-0.2, -0.15) is 26.3 Å². The van der Waals surface area contributed by atoms with Gasteiger partial charge in [-0.1, -0.05) is 6.07 Å². The van der Waals surface area contributed by atoms with E-state index in [1.165, 1.54) is 5.43 Å². The van der Waals surface area contributed by atoms with Gasteiger partial charge in [-0.3, -0.25) is 5.84 Å². The van der Waals surface area contributed by atoms with Gasteiger partial charge in [0.15, 0.2) is 0 Å². The maximum atomic E-state index is 13.1. The van der Waals surface area contributed by atoms with E-state index in [1.54, 1.807) is 0 Å². The van der Waals surface area contributed by atoms with E-state index in [1.807, 2.05) is 0 Å². The molecular formula is C9H7F7N2. The molecule has 18 heavy (non-hydrogen) atoms. The smallest absolute Gasteiger partial charge is 0.271 e. The second-order valence-corrected chi connectivity index (χ2v) is 3.38. The number of rotatable bonds is 2. The lowest BCUT2D eigenvalue weighted by atomic mass is 10.0. The highest BCUT2D eigenvalue weighted by Crippen LogP contribution is 2.36. The molecule has 102 valence electrons. The summed E-state index contributed by atoms with van der Waals surface area (Å²) in [6.07, 6.45) is -9.81. The monoisotopic (exact) mass is 276 g/mol. The first-order valence-corrected chi connectivity index (χ1v) is 4.47. The molecular weight excluding hydrogens is 269 g/mol. The number of hydrogen-bond acceptors (Lipinski definition) is 2. The van der Waals surface area contributed by atoms with Crippen LogP contribution in [0.3, 0.4) is 0 Å². The van der Waals surface area contributed by atoms with E-state index in [4.69, 9.17) is 0 Å². The molecule has 0 heterocycles. The largest absolute Gasteiger partial charge is 0.419 e. The van der Waals surface area contributed by atoms with E-state index in [-0.39, 0.29) is 12.1 Å². The van der Waals surface area contributed by atoms with Gasteiger partial charge in [0.05, 0.1) is 5.56 Å². The van der Waals surface area contributed by atoms with Crippen LogP contribution in [0.15, 0.2) is 18.2 Å². The lowest BCUT2D eigenvalue weighted by Crippen LogP contribution is -2.38. The topological polar surface area (TPSA) is 38.0 Å². The molecule has 0 aromatic heterocycles. The van der Waals surface area contributed by atoms with Crippen LogP contribution in [0.25, 0.3) is 0 Å². The molecule has 0 saturated heterocycles. The van der Waals surface area contributed by atoms with Crippen molar-refractivity contribution < 1.29 is 30.7 Å². The molecule has 1 unspecified atom stereocenters. The Morgan fingerprint density at radius 2 is 1.61 bits per heavy atom. The standard InChI is InChI=1S/C9H7F7N2/c10-6-3-4(7(18-17)9(14,15)16)1-2-5(6)8(11,12)13/h1-3,7,18H,17H2. The predicted octanol–water partition coefficient (Wildman–Crippen LogP) is 2.91. The number of halogens is 7. The number of hydrazine groups is 1. The summed E-state index contributed by atoms with van der Waals surface area (Å²) in [5.41, 5.74) is -1.00. The van der Waals surface area contributed by atoms with Crippen LogP contribution in [0.5, 0.6) is 0 Å². The zero-order valence-electron chi connectivity index (χ0n) is 8.53. The van der Waals surface area contributed by atoms with Crippen LogP contribution in [-0.4, -0.2) is 6.18 Å². The van der Waals surface area contributed by atoms with Crippen molar-refractivity contribution in [2.24, 2.45) is 5.84 Å². The molecule has 0 aliphatic carbocycles. The molecule has 0 spiro atoms. The lowest BCUT2D eigenvalue weighted by Gasteiger charge is -2.20. The summed E-state index contributed by atoms with van der Waals surface area (Å²) in [5.74, 6) is 2.86. The Hall–Kier alpha value is -1.35. The SMILES string of the molecule is NNC(c1ccc(C(F)(F)F)c(F)c1)C(F)(F)F. The van der Waals surface area contributed by atoms with Gasteiger partial charge in [-0.05, 0) is 17.7 Å². The van der Waals surface area contributed by atoms with Crippen molar-refractivity contribution in [1.82, 2.24) is 5.43 Å². The second-order valence-electron chi connectivity index (χ2n) is 3.38. The maximum absolute atomic E-state index is 13.1. The Morgan fingerprint density at radius 3 is 1.94 bits per heavy atom. The molecule has 1 aromatic carbocycles. The van der Waals surface area contributed by atoms with Crippen LogP contribution in [0.4, 0.5) is 30.7 Å². The number of nitrogens with two attached hydrogens (primary N) is 1. The first kappa shape index (κ1) is 14.7. The van der Waals surface area contributed by atoms with Crippen molar-refractivity contribution in [3.8, 4) is 0 Å². The third-order valence-corrected chi connectivity index (χ3v) is 2.13. The zero-order chi connectivity index (χ0) is 14.1. The van der Waals surface area contributed by atoms with Gasteiger partial charge in [0.2, 0.25) is 0 Å². The second kappa shape index (κ2) is 4.73. The van der Waals surface area contributed by atoms with Gasteiger partial charge in [0.1, 0.15) is 11.9 Å². The fraction of sp³-hybridized carbons (Fsp3) is 0.333. The normalized spacial score (nSPS) is 14.7. The predicted molar refractivity (Wildman–Crippen MR) is 47.5 cm³/mol. The number of benzene rings is 1. The fourth-order valence-corrected chi connectivity index (χ4v) is 1.32. The van der Waals surface area contributed by atoms with E-state index >= 15 is 0 Å². The highest BCUT2D eigenvalue weighted by Gasteiger charge is 2.41. The molecule has 0 bridgehead atoms. The molecule has 1 rings (SSSR count). The van der Waals surface area contributed by atoms with Crippen LogP contribution in [0, 0.1) is 5.82 Å². The summed E-state index contributed by atoms with van der Waals surface area (Å²) in [6, 6.07) is -1.53. The Balaban J connectivity index is 3.19. The average Bonchev–Trinajstić information content (AvgIpc) is 2.14. The Bertz CT molecular complexity index is 424. The minimum Gasteiger partial charge on any atom is -0.271 e. The molecule has 0 aliphatic heterocycles. The summed E-state index contributed by atoms with van der Waals surface area (Å²) in [4.78, 5) is 0. The van der Waals surface area contributed by atoms with Gasteiger partial charge < -0.3 is 0 Å². The Morgan fingerprint density at radius 1 is 1.06 bits per heavy atom. The van der Waals surface area contributed by atoms with Gasteiger partial charge in [-0.15, -0.1) is 0 Å². The molecule has 0 aliphatic rings. The van der Waals surface area contributed by atoms with Gasteiger partial charge in [0.25, 0.3) is 0 Å². The molecule has 1 aromatic rings. The van der Waals surface area contributed by atoms with E-state index < -0.39 is 35.3 Å². The van der Waals surface area contributed by atoms with E-state index in [9.17, 15) is 30.7 Å². The summed E-state index contributed by atoms with van der Waals surface area (Å²) < 4.78 is 86.8. The number of nitrogens with one attached hydrogen (secondary N) is 1. The van der Waals surface area contributed by atoms with E-state index in [0.29, 0.717) is 6.07 Å². The Labute approximate surface area is 96.5 Å². The average molecular weight is 276 g/mol. The molecule has 3 N–H and O–H groups in total. The van der Waals surface area contributed by atoms with Crippen LogP contribution < -0.4 is 11.3 Å². The van der Waals surface area contributed by atoms with Crippen LogP contribution in [-0.2, 0) is 6.18 Å². The molecule has 1 atom stereocenters. The first-order chi connectivity index (χ1) is 8.07. The molecule has 9 heteroatoms. The van der Waals surface area contributed by atoms with Gasteiger partial charge >= 0.3 is 12.4 Å². The number of hydrogen-bond donors (Lipinski definition) is 2. The minimum atomic E-state index is -4.97. The summed E-state index contributed by atoms with van der Waals surface area (Å²) in [7, 11) is 0. The number of alkyl halides is 6. The van der Waals surface area contributed by atoms with Gasteiger partial charge in [0, 0.05) is 0 Å². The van der Waals surface area contributed by atoms with Crippen LogP contribution >= 0.6 is 0 Å². The zero-order valence-corrected chi connectivity index (χ0v) is 8.53. The quantitative estimate of drug-likeness (QED) is 0.495. The van der Waals surface area contributed by atoms with E-state index in [0.717, 1.165) is 0 Å². The maximum Gasteiger partial charge on any atom is 0.419 e. The summed E-state index contributed by atoms with van der Waals surface area (Å²) in [6.45, 7) is 0. The third kappa shape index (κ3) is 3.10. The minimum absolute atomic E-state index is 0.154. The van der Waals surface area contributed by atoms with Crippen molar-refractivity contribution >= 4 is 0 Å². The van der Waals surface area contributed by atoms with Crippen molar-refractivity contribution in [3.05, 3.63) is 35.1 Å². The lowest BCUT2D eigenvalue weighted by molar-refractivity contribution is -0.157. The van der Waals surface area contributed by atoms with Crippen LogP contribution in [0.1, 0.15) is 17.2 Å². The van der Waals surface area contributed by atoms with Crippen molar-refractivity contribution in [1.29, 1.82) is 0 Å². The van der Waals surface area contributed by atoms with Crippen molar-refractivity contribution in [2.75, 3.05) is 0 Å². The van der Waals surface area contributed by atoms with Crippen LogP contribution in [0.2, 0.25) is 0 Å². The molecule has 0 saturated carbocycles. The molecule has 0 radical (unpaired) electrons. The highest BCUT2D eigenvalue weighted by atomic mass is 19.4. The highest BCUT2D eigenvalue weighted by molar-refractivity contribution is 5.29. The first-order valence-electron chi connectivity index (χ1n) is 4.47. The van der Waals surface area contributed by atoms with E-state index in [2.05, 4.69) is 5.84 Å². The Kier molecular flexibility index (Phi) is 3.86.